The van der Waals surface area contributed by atoms with E-state index < -0.39 is 5.97 Å². The zero-order valence-corrected chi connectivity index (χ0v) is 11.5. The van der Waals surface area contributed by atoms with E-state index in [0.29, 0.717) is 23.2 Å². The van der Waals surface area contributed by atoms with Gasteiger partial charge in [0, 0.05) is 17.7 Å². The lowest BCUT2D eigenvalue weighted by atomic mass is 10.0. The molecule has 2 aromatic rings. The Kier molecular flexibility index (Phi) is 4.18. The molecule has 4 N–H and O–H groups in total. The number of nitrogens with two attached hydrogens (primary N) is 1. The van der Waals surface area contributed by atoms with Crippen molar-refractivity contribution in [2.24, 2.45) is 0 Å². The fourth-order valence-electron chi connectivity index (χ4n) is 1.96. The number of nitrogen functional groups attached to an aromatic ring is 1. The maximum Gasteiger partial charge on any atom is 0.355 e. The molecule has 0 bridgehead atoms. The summed E-state index contributed by atoms with van der Waals surface area (Å²) in [7, 11) is 0. The van der Waals surface area contributed by atoms with Crippen LogP contribution >= 0.6 is 0 Å². The Morgan fingerprint density at radius 2 is 2.05 bits per heavy atom. The molecule has 0 aliphatic heterocycles. The highest BCUT2D eigenvalue weighted by molar-refractivity contribution is 5.98. The number of benzene rings is 1. The van der Waals surface area contributed by atoms with Crippen LogP contribution in [0.15, 0.2) is 36.4 Å². The van der Waals surface area contributed by atoms with E-state index in [1.165, 1.54) is 6.07 Å². The first-order valence-electron chi connectivity index (χ1n) is 6.41. The number of pyridine rings is 1. The molecule has 1 heterocycles. The van der Waals surface area contributed by atoms with Gasteiger partial charge in [-0.1, -0.05) is 12.1 Å². The molecule has 0 atom stereocenters. The smallest absolute Gasteiger partial charge is 0.355 e. The molecule has 0 saturated carbocycles. The van der Waals surface area contributed by atoms with Crippen LogP contribution in [0.5, 0.6) is 0 Å². The zero-order chi connectivity index (χ0) is 15.4. The third-order valence-corrected chi connectivity index (χ3v) is 2.89. The predicted molar refractivity (Wildman–Crippen MR) is 79.1 cm³/mol. The van der Waals surface area contributed by atoms with Gasteiger partial charge in [0.05, 0.1) is 0 Å². The number of carboxylic acids is 1. The lowest BCUT2D eigenvalue weighted by Gasteiger charge is -2.08. The number of amides is 1. The largest absolute Gasteiger partial charge is 0.476 e. The molecule has 0 fully saturated rings. The van der Waals surface area contributed by atoms with Gasteiger partial charge in [-0.25, -0.2) is 9.78 Å². The summed E-state index contributed by atoms with van der Waals surface area (Å²) >= 11 is 0. The summed E-state index contributed by atoms with van der Waals surface area (Å²) in [5, 5.41) is 11.9. The van der Waals surface area contributed by atoms with Gasteiger partial charge < -0.3 is 16.2 Å². The van der Waals surface area contributed by atoms with Crippen LogP contribution in [-0.4, -0.2) is 28.5 Å². The molecular formula is C15H15N3O3. The quantitative estimate of drug-likeness (QED) is 0.794. The summed E-state index contributed by atoms with van der Waals surface area (Å²) in [6, 6.07) is 9.83. The van der Waals surface area contributed by atoms with Crippen molar-refractivity contribution in [3.05, 3.63) is 47.7 Å². The maximum absolute atomic E-state index is 11.8. The van der Waals surface area contributed by atoms with Crippen molar-refractivity contribution in [1.29, 1.82) is 0 Å². The van der Waals surface area contributed by atoms with Gasteiger partial charge in [-0.15, -0.1) is 0 Å². The number of rotatable bonds is 4. The molecular weight excluding hydrogens is 270 g/mol. The number of nitrogens with one attached hydrogen (secondary N) is 1. The molecule has 0 saturated heterocycles. The summed E-state index contributed by atoms with van der Waals surface area (Å²) in [4.78, 5) is 26.9. The predicted octanol–water partition coefficient (Wildman–Crippen LogP) is 1.78. The third-order valence-electron chi connectivity index (χ3n) is 2.89. The lowest BCUT2D eigenvalue weighted by Crippen LogP contribution is -2.22. The van der Waals surface area contributed by atoms with Gasteiger partial charge in [0.1, 0.15) is 5.82 Å². The Morgan fingerprint density at radius 3 is 2.71 bits per heavy atom. The number of nitrogens with zero attached hydrogens (tertiary/aromatic N) is 1. The van der Waals surface area contributed by atoms with E-state index in [-0.39, 0.29) is 17.4 Å². The molecule has 0 radical (unpaired) electrons. The van der Waals surface area contributed by atoms with Gasteiger partial charge in [0.25, 0.3) is 5.91 Å². The van der Waals surface area contributed by atoms with Crippen LogP contribution in [0.4, 0.5) is 5.82 Å². The fourth-order valence-corrected chi connectivity index (χ4v) is 1.96. The molecule has 0 aliphatic carbocycles. The Hall–Kier alpha value is -2.89. The van der Waals surface area contributed by atoms with Gasteiger partial charge >= 0.3 is 5.97 Å². The Morgan fingerprint density at radius 1 is 1.29 bits per heavy atom. The second-order valence-corrected chi connectivity index (χ2v) is 4.38. The first kappa shape index (κ1) is 14.5. The molecule has 0 spiro atoms. The average molecular weight is 285 g/mol. The highest BCUT2D eigenvalue weighted by atomic mass is 16.4. The van der Waals surface area contributed by atoms with E-state index in [2.05, 4.69) is 10.3 Å². The highest BCUT2D eigenvalue weighted by Crippen LogP contribution is 2.24. The minimum Gasteiger partial charge on any atom is -0.476 e. The Bertz CT molecular complexity index is 698. The molecule has 0 unspecified atom stereocenters. The molecule has 6 heteroatoms. The number of aromatic nitrogens is 1. The Balaban J connectivity index is 2.50. The van der Waals surface area contributed by atoms with Gasteiger partial charge in [-0.2, -0.15) is 0 Å². The van der Waals surface area contributed by atoms with E-state index in [4.69, 9.17) is 5.73 Å². The van der Waals surface area contributed by atoms with Gasteiger partial charge in [0.2, 0.25) is 0 Å². The first-order valence-corrected chi connectivity index (χ1v) is 6.41. The van der Waals surface area contributed by atoms with Crippen molar-refractivity contribution in [3.8, 4) is 11.1 Å². The first-order chi connectivity index (χ1) is 10.0. The molecule has 2 rings (SSSR count). The van der Waals surface area contributed by atoms with Crippen LogP contribution in [0.2, 0.25) is 0 Å². The van der Waals surface area contributed by atoms with Crippen LogP contribution < -0.4 is 11.1 Å². The minimum atomic E-state index is -1.17. The van der Waals surface area contributed by atoms with Crippen molar-refractivity contribution in [2.45, 2.75) is 6.92 Å². The molecule has 21 heavy (non-hydrogen) atoms. The number of hydrogen-bond donors (Lipinski definition) is 3. The molecule has 108 valence electrons. The zero-order valence-electron chi connectivity index (χ0n) is 11.5. The normalized spacial score (nSPS) is 10.1. The van der Waals surface area contributed by atoms with Gasteiger partial charge in [-0.3, -0.25) is 4.79 Å². The van der Waals surface area contributed by atoms with E-state index in [1.807, 2.05) is 6.92 Å². The van der Waals surface area contributed by atoms with Crippen LogP contribution in [0.1, 0.15) is 27.8 Å². The Labute approximate surface area is 121 Å². The SMILES string of the molecule is CCNC(=O)c1cccc(-c2ccc(N)nc2C(=O)O)c1. The van der Waals surface area contributed by atoms with E-state index in [0.717, 1.165) is 0 Å². The highest BCUT2D eigenvalue weighted by Gasteiger charge is 2.15. The van der Waals surface area contributed by atoms with Gasteiger partial charge in [0.15, 0.2) is 5.69 Å². The van der Waals surface area contributed by atoms with Gasteiger partial charge in [-0.05, 0) is 36.8 Å². The van der Waals surface area contributed by atoms with Crippen LogP contribution in [0, 0.1) is 0 Å². The second kappa shape index (κ2) is 6.04. The maximum atomic E-state index is 11.8. The minimum absolute atomic E-state index is 0.135. The lowest BCUT2D eigenvalue weighted by molar-refractivity contribution is 0.0691. The van der Waals surface area contributed by atoms with Crippen molar-refractivity contribution in [3.63, 3.8) is 0 Å². The van der Waals surface area contributed by atoms with Crippen molar-refractivity contribution in [2.75, 3.05) is 12.3 Å². The van der Waals surface area contributed by atoms with Crippen LogP contribution in [0.25, 0.3) is 11.1 Å². The van der Waals surface area contributed by atoms with E-state index in [9.17, 15) is 14.7 Å². The topological polar surface area (TPSA) is 105 Å². The summed E-state index contributed by atoms with van der Waals surface area (Å²) < 4.78 is 0. The van der Waals surface area contributed by atoms with Crippen LogP contribution in [0.3, 0.4) is 0 Å². The summed E-state index contributed by atoms with van der Waals surface area (Å²) in [5.41, 5.74) is 6.87. The number of anilines is 1. The monoisotopic (exact) mass is 285 g/mol. The number of carbonyl (C=O) groups excluding carboxylic acids is 1. The molecule has 1 amide bonds. The fraction of sp³-hybridized carbons (Fsp3) is 0.133. The summed E-state index contributed by atoms with van der Waals surface area (Å²) in [6.45, 7) is 2.35. The average Bonchev–Trinajstić information content (AvgIpc) is 2.47. The van der Waals surface area contributed by atoms with E-state index >= 15 is 0 Å². The number of carboxylic acid groups (broad SMARTS) is 1. The van der Waals surface area contributed by atoms with Crippen molar-refractivity contribution in [1.82, 2.24) is 10.3 Å². The van der Waals surface area contributed by atoms with Crippen LogP contribution in [-0.2, 0) is 0 Å². The van der Waals surface area contributed by atoms with Crippen molar-refractivity contribution >= 4 is 17.7 Å². The molecule has 0 aliphatic rings. The van der Waals surface area contributed by atoms with Crippen molar-refractivity contribution < 1.29 is 14.7 Å². The number of carbonyl (C=O) groups is 2. The summed E-state index contributed by atoms with van der Waals surface area (Å²) in [5.74, 6) is -1.24. The number of hydrogen-bond acceptors (Lipinski definition) is 4. The second-order valence-electron chi connectivity index (χ2n) is 4.38. The third kappa shape index (κ3) is 3.17. The number of aromatic carboxylic acids is 1. The summed E-state index contributed by atoms with van der Waals surface area (Å²) in [6.07, 6.45) is 0. The molecule has 6 nitrogen and oxygen atoms in total. The molecule has 1 aromatic heterocycles. The van der Waals surface area contributed by atoms with E-state index in [1.54, 1.807) is 30.3 Å². The standard InChI is InChI=1S/C15H15N3O3/c1-2-17-14(19)10-5-3-4-9(8-10)11-6-7-12(16)18-13(11)15(20)21/h3-8H,2H2,1H3,(H2,16,18)(H,17,19)(H,20,21). The molecule has 1 aromatic carbocycles.